The van der Waals surface area contributed by atoms with E-state index in [9.17, 15) is 0 Å². The van der Waals surface area contributed by atoms with Gasteiger partial charge in [0.15, 0.2) is 0 Å². The molecule has 0 spiro atoms. The topological polar surface area (TPSA) is 30.5 Å². The zero-order valence-electron chi connectivity index (χ0n) is 11.1. The molecule has 0 saturated heterocycles. The van der Waals surface area contributed by atoms with Crippen LogP contribution in [0, 0.1) is 5.92 Å². The number of ether oxygens (including phenoxy) is 2. The van der Waals surface area contributed by atoms with E-state index in [1.54, 1.807) is 14.2 Å². The van der Waals surface area contributed by atoms with E-state index in [0.717, 1.165) is 32.7 Å². The third-order valence-electron chi connectivity index (χ3n) is 2.78. The molecule has 1 atom stereocenters. The largest absolute Gasteiger partial charge is 0.384 e. The Morgan fingerprint density at radius 2 is 2.00 bits per heavy atom. The van der Waals surface area contributed by atoms with Crippen LogP contribution in [0.15, 0.2) is 28.7 Å². The van der Waals surface area contributed by atoms with Gasteiger partial charge in [-0.15, -0.1) is 0 Å². The maximum atomic E-state index is 5.29. The number of halogens is 1. The molecular formula is C14H22BrNO2. The summed E-state index contributed by atoms with van der Waals surface area (Å²) in [5, 5.41) is 3.39. The fraction of sp³-hybridized carbons (Fsp3) is 0.571. The molecule has 1 aromatic carbocycles. The van der Waals surface area contributed by atoms with Gasteiger partial charge in [-0.3, -0.25) is 0 Å². The summed E-state index contributed by atoms with van der Waals surface area (Å²) >= 11 is 3.59. The lowest BCUT2D eigenvalue weighted by Gasteiger charge is -2.17. The lowest BCUT2D eigenvalue weighted by Crippen LogP contribution is -2.29. The van der Waals surface area contributed by atoms with Gasteiger partial charge in [0.25, 0.3) is 0 Å². The maximum Gasteiger partial charge on any atom is 0.0587 e. The molecule has 1 N–H and O–H groups in total. The molecule has 0 radical (unpaired) electrons. The number of hydrogen-bond donors (Lipinski definition) is 1. The number of benzene rings is 1. The van der Waals surface area contributed by atoms with Crippen molar-refractivity contribution >= 4 is 15.9 Å². The maximum absolute atomic E-state index is 5.29. The summed E-state index contributed by atoms with van der Waals surface area (Å²) in [6.07, 6.45) is 1.01. The van der Waals surface area contributed by atoms with Gasteiger partial charge >= 0.3 is 0 Å². The van der Waals surface area contributed by atoms with Gasteiger partial charge in [0.2, 0.25) is 0 Å². The summed E-state index contributed by atoms with van der Waals surface area (Å²) in [5.41, 5.74) is 1.33. The standard InChI is InChI=1S/C14H22BrNO2/c1-17-8-7-16-10-12(11-18-2)9-13-5-3-4-6-14(13)15/h3-6,12,16H,7-11H2,1-2H3. The summed E-state index contributed by atoms with van der Waals surface area (Å²) in [7, 11) is 3.47. The van der Waals surface area contributed by atoms with Crippen LogP contribution in [0.1, 0.15) is 5.56 Å². The van der Waals surface area contributed by atoms with Gasteiger partial charge in [0.05, 0.1) is 13.2 Å². The smallest absolute Gasteiger partial charge is 0.0587 e. The van der Waals surface area contributed by atoms with Crippen molar-refractivity contribution in [1.82, 2.24) is 5.32 Å². The van der Waals surface area contributed by atoms with E-state index in [2.05, 4.69) is 39.4 Å². The van der Waals surface area contributed by atoms with Crippen molar-refractivity contribution in [3.05, 3.63) is 34.3 Å². The first-order valence-corrected chi connectivity index (χ1v) is 6.99. The van der Waals surface area contributed by atoms with Crippen molar-refractivity contribution in [3.8, 4) is 0 Å². The molecule has 0 aromatic heterocycles. The van der Waals surface area contributed by atoms with Gasteiger partial charge in [0.1, 0.15) is 0 Å². The fourth-order valence-corrected chi connectivity index (χ4v) is 2.33. The van der Waals surface area contributed by atoms with Crippen LogP contribution in [0.2, 0.25) is 0 Å². The first kappa shape index (κ1) is 15.6. The van der Waals surface area contributed by atoms with Crippen LogP contribution in [-0.2, 0) is 15.9 Å². The van der Waals surface area contributed by atoms with Crippen LogP contribution >= 0.6 is 15.9 Å². The second kappa shape index (κ2) is 9.50. The first-order valence-electron chi connectivity index (χ1n) is 6.20. The highest BCUT2D eigenvalue weighted by Gasteiger charge is 2.11. The number of nitrogens with one attached hydrogen (secondary N) is 1. The molecule has 18 heavy (non-hydrogen) atoms. The molecule has 0 aliphatic carbocycles. The average molecular weight is 316 g/mol. The van der Waals surface area contributed by atoms with Crippen LogP contribution < -0.4 is 5.32 Å². The fourth-order valence-electron chi connectivity index (χ4n) is 1.88. The number of methoxy groups -OCH3 is 2. The Bertz CT molecular complexity index is 333. The highest BCUT2D eigenvalue weighted by Crippen LogP contribution is 2.19. The van der Waals surface area contributed by atoms with Gasteiger partial charge in [-0.25, -0.2) is 0 Å². The van der Waals surface area contributed by atoms with Crippen molar-refractivity contribution in [3.63, 3.8) is 0 Å². The monoisotopic (exact) mass is 315 g/mol. The molecule has 0 fully saturated rings. The Morgan fingerprint density at radius 3 is 2.67 bits per heavy atom. The van der Waals surface area contributed by atoms with Crippen molar-refractivity contribution in [1.29, 1.82) is 0 Å². The quantitative estimate of drug-likeness (QED) is 0.710. The van der Waals surface area contributed by atoms with Gasteiger partial charge in [0, 0.05) is 31.8 Å². The third kappa shape index (κ3) is 5.96. The molecule has 102 valence electrons. The van der Waals surface area contributed by atoms with Gasteiger partial charge in [-0.2, -0.15) is 0 Å². The van der Waals surface area contributed by atoms with Crippen LogP contribution in [0.25, 0.3) is 0 Å². The first-order chi connectivity index (χ1) is 8.77. The third-order valence-corrected chi connectivity index (χ3v) is 3.56. The highest BCUT2D eigenvalue weighted by molar-refractivity contribution is 9.10. The summed E-state index contributed by atoms with van der Waals surface area (Å²) in [4.78, 5) is 0. The Morgan fingerprint density at radius 1 is 1.22 bits per heavy atom. The zero-order valence-corrected chi connectivity index (χ0v) is 12.7. The molecule has 3 nitrogen and oxygen atoms in total. The van der Waals surface area contributed by atoms with Crippen molar-refractivity contribution in [2.45, 2.75) is 6.42 Å². The van der Waals surface area contributed by atoms with E-state index in [-0.39, 0.29) is 0 Å². The second-order valence-electron chi connectivity index (χ2n) is 4.31. The molecule has 1 rings (SSSR count). The SMILES string of the molecule is COCCNCC(COC)Cc1ccccc1Br. The van der Waals surface area contributed by atoms with Crippen molar-refractivity contribution < 1.29 is 9.47 Å². The Labute approximate surface area is 118 Å². The molecule has 0 aliphatic rings. The van der Waals surface area contributed by atoms with E-state index >= 15 is 0 Å². The minimum atomic E-state index is 0.477. The molecule has 4 heteroatoms. The van der Waals surface area contributed by atoms with E-state index in [1.165, 1.54) is 10.0 Å². The molecule has 0 aliphatic heterocycles. The molecule has 0 heterocycles. The average Bonchev–Trinajstić information content (AvgIpc) is 2.37. The summed E-state index contributed by atoms with van der Waals surface area (Å²) < 4.78 is 11.5. The van der Waals surface area contributed by atoms with Crippen LogP contribution in [0.4, 0.5) is 0 Å². The second-order valence-corrected chi connectivity index (χ2v) is 5.17. The molecule has 1 aromatic rings. The van der Waals surface area contributed by atoms with Crippen LogP contribution in [0.3, 0.4) is 0 Å². The summed E-state index contributed by atoms with van der Waals surface area (Å²) in [5.74, 6) is 0.477. The van der Waals surface area contributed by atoms with Crippen LogP contribution in [-0.4, -0.2) is 40.5 Å². The van der Waals surface area contributed by atoms with E-state index in [1.807, 2.05) is 6.07 Å². The van der Waals surface area contributed by atoms with Crippen molar-refractivity contribution in [2.75, 3.05) is 40.5 Å². The summed E-state index contributed by atoms with van der Waals surface area (Å²) in [6, 6.07) is 8.34. The number of rotatable bonds is 9. The molecule has 0 saturated carbocycles. The van der Waals surface area contributed by atoms with E-state index < -0.39 is 0 Å². The minimum Gasteiger partial charge on any atom is -0.384 e. The van der Waals surface area contributed by atoms with Crippen molar-refractivity contribution in [2.24, 2.45) is 5.92 Å². The predicted octanol–water partition coefficient (Wildman–Crippen LogP) is 2.49. The van der Waals surface area contributed by atoms with E-state index in [4.69, 9.17) is 9.47 Å². The minimum absolute atomic E-state index is 0.477. The van der Waals surface area contributed by atoms with Gasteiger partial charge in [-0.1, -0.05) is 34.1 Å². The van der Waals surface area contributed by atoms with Gasteiger partial charge < -0.3 is 14.8 Å². The zero-order chi connectivity index (χ0) is 13.2. The molecule has 0 bridgehead atoms. The Balaban J connectivity index is 2.44. The lowest BCUT2D eigenvalue weighted by molar-refractivity contribution is 0.147. The highest BCUT2D eigenvalue weighted by atomic mass is 79.9. The van der Waals surface area contributed by atoms with Crippen LogP contribution in [0.5, 0.6) is 0 Å². The Hall–Kier alpha value is -0.420. The van der Waals surface area contributed by atoms with Gasteiger partial charge in [-0.05, 0) is 24.0 Å². The van der Waals surface area contributed by atoms with E-state index in [0.29, 0.717) is 5.92 Å². The normalized spacial score (nSPS) is 12.6. The molecule has 1 unspecified atom stereocenters. The molecule has 0 amide bonds. The Kier molecular flexibility index (Phi) is 8.25. The predicted molar refractivity (Wildman–Crippen MR) is 78.0 cm³/mol. The number of hydrogen-bond acceptors (Lipinski definition) is 3. The lowest BCUT2D eigenvalue weighted by atomic mass is 10.00. The summed E-state index contributed by atoms with van der Waals surface area (Å²) in [6.45, 7) is 3.33. The molecular weight excluding hydrogens is 294 g/mol.